The number of ether oxygens (including phenoxy) is 1. The monoisotopic (exact) mass is 407 g/mol. The molecule has 1 aromatic carbocycles. The lowest BCUT2D eigenvalue weighted by atomic mass is 9.99. The molecule has 1 aromatic heterocycles. The molecule has 1 aliphatic heterocycles. The van der Waals surface area contributed by atoms with E-state index in [2.05, 4.69) is 15.2 Å². The number of benzene rings is 1. The number of nitrogens with one attached hydrogen (secondary N) is 2. The predicted molar refractivity (Wildman–Crippen MR) is 109 cm³/mol. The number of aliphatic hydroxyl groups excluding tert-OH is 1. The van der Waals surface area contributed by atoms with Crippen LogP contribution >= 0.6 is 11.6 Å². The fourth-order valence-electron chi connectivity index (χ4n) is 3.76. The summed E-state index contributed by atoms with van der Waals surface area (Å²) in [6, 6.07) is 5.39. The summed E-state index contributed by atoms with van der Waals surface area (Å²) in [5.74, 6) is -0.738. The first-order valence-electron chi connectivity index (χ1n) is 9.66. The number of fused-ring (bicyclic) bond motifs is 1. The number of aliphatic hydroxyl groups is 1. The van der Waals surface area contributed by atoms with Crippen molar-refractivity contribution in [1.29, 1.82) is 0 Å². The van der Waals surface area contributed by atoms with E-state index in [0.717, 1.165) is 25.8 Å². The molecule has 8 heteroatoms. The fourth-order valence-corrected chi connectivity index (χ4v) is 3.93. The second-order valence-corrected chi connectivity index (χ2v) is 7.40. The third kappa shape index (κ3) is 4.66. The molecule has 0 spiro atoms. The number of carbonyl (C=O) groups excluding carboxylic acids is 2. The minimum absolute atomic E-state index is 0.108. The minimum atomic E-state index is -0.527. The van der Waals surface area contributed by atoms with Crippen molar-refractivity contribution in [3.05, 3.63) is 28.9 Å². The number of rotatable bonds is 7. The van der Waals surface area contributed by atoms with E-state index in [1.807, 2.05) is 0 Å². The molecule has 3 N–H and O–H groups in total. The van der Waals surface area contributed by atoms with Crippen LogP contribution in [0.1, 0.15) is 43.1 Å². The Hall–Kier alpha value is -2.09. The summed E-state index contributed by atoms with van der Waals surface area (Å²) in [5, 5.41) is 13.3. The SMILES string of the molecule is CCOC(=O)c1[nH]c2ccc(Cl)cc2c1NC(=O)CN1CCCC[C@@H]1CCO. The van der Waals surface area contributed by atoms with Crippen LogP contribution in [0.25, 0.3) is 10.9 Å². The Bertz CT molecular complexity index is 849. The number of aromatic nitrogens is 1. The number of hydrogen-bond donors (Lipinski definition) is 3. The highest BCUT2D eigenvalue weighted by molar-refractivity contribution is 6.31. The number of likely N-dealkylation sites (tertiary alicyclic amines) is 1. The van der Waals surface area contributed by atoms with E-state index < -0.39 is 5.97 Å². The maximum absolute atomic E-state index is 12.8. The number of nitrogens with zero attached hydrogens (tertiary/aromatic N) is 1. The zero-order valence-corrected chi connectivity index (χ0v) is 16.7. The molecule has 1 aliphatic rings. The summed E-state index contributed by atoms with van der Waals surface area (Å²) in [7, 11) is 0. The topological polar surface area (TPSA) is 94.7 Å². The first-order valence-corrected chi connectivity index (χ1v) is 10.0. The van der Waals surface area contributed by atoms with Crippen molar-refractivity contribution < 1.29 is 19.4 Å². The quantitative estimate of drug-likeness (QED) is 0.613. The molecule has 1 fully saturated rings. The van der Waals surface area contributed by atoms with Gasteiger partial charge in [0.15, 0.2) is 0 Å². The number of piperidine rings is 1. The Morgan fingerprint density at radius 2 is 2.21 bits per heavy atom. The number of anilines is 1. The summed E-state index contributed by atoms with van der Waals surface area (Å²) in [5.41, 5.74) is 1.29. The third-order valence-corrected chi connectivity index (χ3v) is 5.30. The molecule has 2 heterocycles. The van der Waals surface area contributed by atoms with Crippen LogP contribution in [-0.4, -0.2) is 59.2 Å². The largest absolute Gasteiger partial charge is 0.461 e. The molecule has 0 saturated carbocycles. The molecule has 0 bridgehead atoms. The highest BCUT2D eigenvalue weighted by Crippen LogP contribution is 2.31. The van der Waals surface area contributed by atoms with Gasteiger partial charge in [-0.25, -0.2) is 4.79 Å². The Morgan fingerprint density at radius 3 is 2.96 bits per heavy atom. The number of esters is 1. The van der Waals surface area contributed by atoms with Crippen LogP contribution < -0.4 is 5.32 Å². The van der Waals surface area contributed by atoms with E-state index >= 15 is 0 Å². The van der Waals surface area contributed by atoms with Gasteiger partial charge < -0.3 is 20.1 Å². The van der Waals surface area contributed by atoms with Crippen LogP contribution in [0.2, 0.25) is 5.02 Å². The molecule has 7 nitrogen and oxygen atoms in total. The maximum atomic E-state index is 12.8. The molecular weight excluding hydrogens is 382 g/mol. The van der Waals surface area contributed by atoms with Gasteiger partial charge in [0.2, 0.25) is 5.91 Å². The van der Waals surface area contributed by atoms with E-state index in [4.69, 9.17) is 16.3 Å². The van der Waals surface area contributed by atoms with Crippen molar-refractivity contribution in [2.75, 3.05) is 31.6 Å². The van der Waals surface area contributed by atoms with Crippen LogP contribution in [0.3, 0.4) is 0 Å². The van der Waals surface area contributed by atoms with E-state index in [1.54, 1.807) is 25.1 Å². The minimum Gasteiger partial charge on any atom is -0.461 e. The fraction of sp³-hybridized carbons (Fsp3) is 0.500. The molecule has 0 aliphatic carbocycles. The molecule has 1 atom stereocenters. The highest BCUT2D eigenvalue weighted by Gasteiger charge is 2.26. The number of hydrogen-bond acceptors (Lipinski definition) is 5. The lowest BCUT2D eigenvalue weighted by Crippen LogP contribution is -2.44. The van der Waals surface area contributed by atoms with Crippen LogP contribution in [0.5, 0.6) is 0 Å². The lowest BCUT2D eigenvalue weighted by Gasteiger charge is -2.34. The zero-order chi connectivity index (χ0) is 20.1. The van der Waals surface area contributed by atoms with Crippen molar-refractivity contribution in [2.45, 2.75) is 38.6 Å². The number of aromatic amines is 1. The average Bonchev–Trinajstić information content (AvgIpc) is 3.01. The standard InChI is InChI=1S/C20H26ClN3O4/c1-2-28-20(27)19-18(15-11-13(21)6-7-16(15)22-19)23-17(26)12-24-9-4-3-5-14(24)8-10-25/h6-7,11,14,22,25H,2-5,8-10,12H2,1H3,(H,23,26)/t14-/m1/s1. The van der Waals surface area contributed by atoms with Gasteiger partial charge in [0.1, 0.15) is 5.69 Å². The van der Waals surface area contributed by atoms with Gasteiger partial charge in [0.25, 0.3) is 0 Å². The van der Waals surface area contributed by atoms with Gasteiger partial charge in [-0.2, -0.15) is 0 Å². The average molecular weight is 408 g/mol. The Labute approximate surface area is 169 Å². The number of carbonyl (C=O) groups is 2. The highest BCUT2D eigenvalue weighted by atomic mass is 35.5. The normalized spacial score (nSPS) is 17.6. The molecule has 28 heavy (non-hydrogen) atoms. The molecule has 3 rings (SSSR count). The van der Waals surface area contributed by atoms with Crippen LogP contribution in [-0.2, 0) is 9.53 Å². The van der Waals surface area contributed by atoms with Gasteiger partial charge in [0, 0.05) is 28.6 Å². The second kappa shape index (κ2) is 9.41. The summed E-state index contributed by atoms with van der Waals surface area (Å²) in [4.78, 5) is 30.2. The van der Waals surface area contributed by atoms with E-state index in [1.165, 1.54) is 0 Å². The van der Waals surface area contributed by atoms with Gasteiger partial charge in [-0.15, -0.1) is 0 Å². The Morgan fingerprint density at radius 1 is 1.39 bits per heavy atom. The van der Waals surface area contributed by atoms with E-state index in [-0.39, 0.29) is 37.4 Å². The molecule has 0 unspecified atom stereocenters. The molecule has 152 valence electrons. The van der Waals surface area contributed by atoms with Gasteiger partial charge in [0.05, 0.1) is 18.8 Å². The van der Waals surface area contributed by atoms with Crippen LogP contribution in [0.15, 0.2) is 18.2 Å². The predicted octanol–water partition coefficient (Wildman–Crippen LogP) is 3.17. The summed E-state index contributed by atoms with van der Waals surface area (Å²) in [6.45, 7) is 3.10. The first kappa shape index (κ1) is 20.6. The lowest BCUT2D eigenvalue weighted by molar-refractivity contribution is -0.118. The van der Waals surface area contributed by atoms with Crippen molar-refractivity contribution in [3.8, 4) is 0 Å². The molecule has 0 radical (unpaired) electrons. The van der Waals surface area contributed by atoms with Crippen molar-refractivity contribution >= 4 is 40.1 Å². The van der Waals surface area contributed by atoms with Gasteiger partial charge in [-0.1, -0.05) is 18.0 Å². The summed E-state index contributed by atoms with van der Waals surface area (Å²) in [6.07, 6.45) is 3.78. The van der Waals surface area contributed by atoms with Gasteiger partial charge in [-0.05, 0) is 50.9 Å². The Balaban J connectivity index is 1.83. The second-order valence-electron chi connectivity index (χ2n) is 6.97. The number of H-pyrrole nitrogens is 1. The molecule has 1 saturated heterocycles. The van der Waals surface area contributed by atoms with Gasteiger partial charge >= 0.3 is 5.97 Å². The van der Waals surface area contributed by atoms with E-state index in [0.29, 0.717) is 28.0 Å². The number of halogens is 1. The molecule has 2 aromatic rings. The van der Waals surface area contributed by atoms with Crippen molar-refractivity contribution in [3.63, 3.8) is 0 Å². The Kier molecular flexibility index (Phi) is 6.93. The maximum Gasteiger partial charge on any atom is 0.356 e. The molecule has 1 amide bonds. The third-order valence-electron chi connectivity index (χ3n) is 5.06. The van der Waals surface area contributed by atoms with Crippen molar-refractivity contribution in [2.24, 2.45) is 0 Å². The number of amides is 1. The van der Waals surface area contributed by atoms with Crippen LogP contribution in [0.4, 0.5) is 5.69 Å². The summed E-state index contributed by atoms with van der Waals surface area (Å²) < 4.78 is 5.12. The smallest absolute Gasteiger partial charge is 0.356 e. The van der Waals surface area contributed by atoms with Gasteiger partial charge in [-0.3, -0.25) is 9.69 Å². The zero-order valence-electron chi connectivity index (χ0n) is 16.0. The van der Waals surface area contributed by atoms with E-state index in [9.17, 15) is 14.7 Å². The first-order chi connectivity index (χ1) is 13.5. The summed E-state index contributed by atoms with van der Waals surface area (Å²) >= 11 is 6.11. The van der Waals surface area contributed by atoms with Crippen LogP contribution in [0, 0.1) is 0 Å². The van der Waals surface area contributed by atoms with Crippen molar-refractivity contribution in [1.82, 2.24) is 9.88 Å². The molecular formula is C20H26ClN3O4.